The standard InChI is InChI=1S/C24H20FN5O4S/c1-33-17-11-12-20(34-2)21(13-17)35(31,32)24-23-27-22(26-14-15-7-9-16(25)10-8-15)18-5-3-4-6-19(18)30(23)29-28-24/h3-13H,14H2,1-2H3,(H-,26,27,31,32). The highest BCUT2D eigenvalue weighted by Crippen LogP contribution is 2.37. The van der Waals surface area contributed by atoms with E-state index in [0.717, 1.165) is 10.9 Å². The first-order chi connectivity index (χ1) is 16.9. The van der Waals surface area contributed by atoms with Crippen molar-refractivity contribution in [2.24, 2.45) is 0 Å². The van der Waals surface area contributed by atoms with Gasteiger partial charge < -0.3 is 19.3 Å². The lowest BCUT2D eigenvalue weighted by Gasteiger charge is -2.15. The second-order valence-corrected chi connectivity index (χ2v) is 9.44. The molecular formula is C24H20FN5O4S. The van der Waals surface area contributed by atoms with Crippen molar-refractivity contribution in [1.82, 2.24) is 19.8 Å². The summed E-state index contributed by atoms with van der Waals surface area (Å²) in [6.07, 6.45) is 0. The van der Waals surface area contributed by atoms with Gasteiger partial charge in [0, 0.05) is 18.0 Å². The number of nitrogens with one attached hydrogen (secondary N) is 1. The zero-order valence-electron chi connectivity index (χ0n) is 18.8. The molecule has 178 valence electrons. The Labute approximate surface area is 200 Å². The first-order valence-corrected chi connectivity index (χ1v) is 12.0. The molecular weight excluding hydrogens is 473 g/mol. The van der Waals surface area contributed by atoms with Crippen LogP contribution in [0.2, 0.25) is 0 Å². The van der Waals surface area contributed by atoms with Crippen LogP contribution in [-0.4, -0.2) is 38.6 Å². The number of sulfone groups is 1. The van der Waals surface area contributed by atoms with Crippen LogP contribution in [0.1, 0.15) is 5.56 Å². The van der Waals surface area contributed by atoms with E-state index in [-0.39, 0.29) is 27.1 Å². The van der Waals surface area contributed by atoms with Crippen LogP contribution in [0.3, 0.4) is 0 Å². The molecule has 0 radical (unpaired) electrons. The summed E-state index contributed by atoms with van der Waals surface area (Å²) in [4.78, 5) is 4.47. The minimum atomic E-state index is -4.19. The van der Waals surface area contributed by atoms with Crippen molar-refractivity contribution in [3.05, 3.63) is 78.1 Å². The number of para-hydroxylation sites is 1. The summed E-state index contributed by atoms with van der Waals surface area (Å²) in [6, 6.07) is 17.8. The molecule has 11 heteroatoms. The summed E-state index contributed by atoms with van der Waals surface area (Å²) in [5, 5.41) is 11.7. The Hall–Kier alpha value is -4.09. The molecule has 3 aromatic carbocycles. The van der Waals surface area contributed by atoms with Gasteiger partial charge in [-0.15, -0.1) is 0 Å². The van der Waals surface area contributed by atoms with Crippen LogP contribution in [-0.2, 0) is 21.0 Å². The number of anilines is 1. The summed E-state index contributed by atoms with van der Waals surface area (Å²) in [5.41, 5.74) is 1.50. The molecule has 0 aliphatic carbocycles. The average molecular weight is 494 g/mol. The summed E-state index contributed by atoms with van der Waals surface area (Å²) in [5.74, 6) is 0.601. The van der Waals surface area contributed by atoms with Gasteiger partial charge in [-0.2, -0.15) is 4.52 Å². The number of halogens is 1. The molecule has 5 aromatic rings. The van der Waals surface area contributed by atoms with Crippen LogP contribution in [0.25, 0.3) is 16.6 Å². The van der Waals surface area contributed by atoms with Crippen LogP contribution in [0.5, 0.6) is 11.5 Å². The Bertz CT molecular complexity index is 1590. The minimum absolute atomic E-state index is 0.0511. The van der Waals surface area contributed by atoms with Crippen LogP contribution < -0.4 is 14.8 Å². The van der Waals surface area contributed by atoms with Gasteiger partial charge in [-0.1, -0.05) is 38.8 Å². The third kappa shape index (κ3) is 4.04. The molecule has 0 bridgehead atoms. The maximum absolute atomic E-state index is 13.7. The lowest BCUT2D eigenvalue weighted by Crippen LogP contribution is -2.14. The van der Waals surface area contributed by atoms with Gasteiger partial charge in [-0.05, 0) is 42.0 Å². The van der Waals surface area contributed by atoms with Crippen molar-refractivity contribution < 1.29 is 22.6 Å². The summed E-state index contributed by atoms with van der Waals surface area (Å²) in [7, 11) is -1.36. The molecule has 1 unspecified atom stereocenters. The van der Waals surface area contributed by atoms with Crippen molar-refractivity contribution in [1.29, 1.82) is 0 Å². The summed E-state index contributed by atoms with van der Waals surface area (Å²) >= 11 is 0. The zero-order chi connectivity index (χ0) is 24.6. The Morgan fingerprint density at radius 1 is 1.06 bits per heavy atom. The lowest BCUT2D eigenvalue weighted by atomic mass is 10.2. The monoisotopic (exact) mass is 493 g/mol. The van der Waals surface area contributed by atoms with E-state index in [1.54, 1.807) is 24.3 Å². The molecule has 9 nitrogen and oxygen atoms in total. The van der Waals surface area contributed by atoms with Gasteiger partial charge >= 0.3 is 5.03 Å². The highest BCUT2D eigenvalue weighted by molar-refractivity contribution is 7.98. The number of methoxy groups -OCH3 is 2. The first kappa shape index (κ1) is 22.7. The minimum Gasteiger partial charge on any atom is -0.604 e. The third-order valence-corrected chi connectivity index (χ3v) is 7.18. The average Bonchev–Trinajstić information content (AvgIpc) is 3.33. The van der Waals surface area contributed by atoms with Gasteiger partial charge in [0.05, 0.1) is 19.7 Å². The van der Waals surface area contributed by atoms with Gasteiger partial charge in [0.25, 0.3) is 0 Å². The molecule has 2 aromatic heterocycles. The van der Waals surface area contributed by atoms with Gasteiger partial charge in [0.15, 0.2) is 5.75 Å². The molecule has 1 N–H and O–H groups in total. The largest absolute Gasteiger partial charge is 0.604 e. The van der Waals surface area contributed by atoms with Crippen molar-refractivity contribution in [3.8, 4) is 11.5 Å². The molecule has 0 saturated heterocycles. The normalized spacial score (nSPS) is 13.0. The van der Waals surface area contributed by atoms with E-state index in [2.05, 4.69) is 20.6 Å². The fourth-order valence-electron chi connectivity index (χ4n) is 3.74. The van der Waals surface area contributed by atoms with Crippen molar-refractivity contribution >= 4 is 32.6 Å². The number of hydrogen-bond acceptors (Lipinski definition) is 8. The Morgan fingerprint density at radius 2 is 1.83 bits per heavy atom. The summed E-state index contributed by atoms with van der Waals surface area (Å²) < 4.78 is 52.5. The van der Waals surface area contributed by atoms with E-state index >= 15 is 0 Å². The fraction of sp³-hybridized carbons (Fsp3) is 0.125. The molecule has 1 atom stereocenters. The van der Waals surface area contributed by atoms with Gasteiger partial charge in [-0.3, -0.25) is 0 Å². The van der Waals surface area contributed by atoms with E-state index in [1.807, 2.05) is 18.2 Å². The van der Waals surface area contributed by atoms with E-state index in [4.69, 9.17) is 9.47 Å². The van der Waals surface area contributed by atoms with Crippen LogP contribution in [0.15, 0.2) is 76.7 Å². The van der Waals surface area contributed by atoms with Crippen LogP contribution in [0.4, 0.5) is 10.2 Å². The van der Waals surface area contributed by atoms with E-state index in [0.29, 0.717) is 23.6 Å². The highest BCUT2D eigenvalue weighted by atomic mass is 32.3. The van der Waals surface area contributed by atoms with E-state index in [9.17, 15) is 13.2 Å². The van der Waals surface area contributed by atoms with Crippen LogP contribution in [0, 0.1) is 5.82 Å². The van der Waals surface area contributed by atoms with Crippen molar-refractivity contribution in [2.75, 3.05) is 19.5 Å². The Kier molecular flexibility index (Phi) is 5.79. The predicted octanol–water partition coefficient (Wildman–Crippen LogP) is 4.09. The van der Waals surface area contributed by atoms with Crippen LogP contribution >= 0.6 is 0 Å². The predicted molar refractivity (Wildman–Crippen MR) is 127 cm³/mol. The van der Waals surface area contributed by atoms with Crippen molar-refractivity contribution in [3.63, 3.8) is 0 Å². The number of hydrogen-bond donors (Lipinski definition) is 1. The number of aromatic nitrogens is 4. The fourth-order valence-corrected chi connectivity index (χ4v) is 5.15. The quantitative estimate of drug-likeness (QED) is 0.337. The molecule has 0 aliphatic rings. The molecule has 0 aliphatic heterocycles. The van der Waals surface area contributed by atoms with Gasteiger partial charge in [0.2, 0.25) is 10.5 Å². The Balaban J connectivity index is 1.65. The number of ether oxygens (including phenoxy) is 2. The third-order valence-electron chi connectivity index (χ3n) is 5.51. The van der Waals surface area contributed by atoms with Gasteiger partial charge in [0.1, 0.15) is 27.6 Å². The highest BCUT2D eigenvalue weighted by Gasteiger charge is 2.35. The Morgan fingerprint density at radius 3 is 2.57 bits per heavy atom. The number of benzene rings is 3. The van der Waals surface area contributed by atoms with Gasteiger partial charge in [-0.25, -0.2) is 9.37 Å². The van der Waals surface area contributed by atoms with Crippen molar-refractivity contribution in [2.45, 2.75) is 16.5 Å². The first-order valence-electron chi connectivity index (χ1n) is 10.5. The zero-order valence-corrected chi connectivity index (χ0v) is 19.6. The molecule has 35 heavy (non-hydrogen) atoms. The molecule has 5 rings (SSSR count). The number of rotatable bonds is 7. The second-order valence-electron chi connectivity index (χ2n) is 7.61. The maximum Gasteiger partial charge on any atom is 0.318 e. The second kappa shape index (κ2) is 8.93. The number of nitrogens with zero attached hydrogens (tertiary/aromatic N) is 4. The molecule has 2 heterocycles. The van der Waals surface area contributed by atoms with E-state index in [1.165, 1.54) is 43.0 Å². The SMILES string of the molecule is COc1ccc(OC)c([S+](=O)([O-])c2nnn3c2nc(NCc2ccc(F)cc2)c2ccccc23)c1. The molecule has 0 spiro atoms. The summed E-state index contributed by atoms with van der Waals surface area (Å²) in [6.45, 7) is 0.348. The smallest absolute Gasteiger partial charge is 0.318 e. The molecule has 0 fully saturated rings. The number of fused-ring (bicyclic) bond motifs is 3. The topological polar surface area (TPSA) is 114 Å². The lowest BCUT2D eigenvalue weighted by molar-refractivity contribution is 0.388. The van der Waals surface area contributed by atoms with E-state index < -0.39 is 10.2 Å². The maximum atomic E-state index is 13.7. The molecule has 0 amide bonds. The molecule has 0 saturated carbocycles.